The van der Waals surface area contributed by atoms with E-state index in [0.717, 1.165) is 46.5 Å². The molecule has 1 heterocycles. The molecule has 2 aromatic rings. The number of benzene rings is 2. The third-order valence-corrected chi connectivity index (χ3v) is 5.46. The molecule has 0 unspecified atom stereocenters. The zero-order valence-corrected chi connectivity index (χ0v) is 17.2. The summed E-state index contributed by atoms with van der Waals surface area (Å²) in [6, 6.07) is 9.66. The molecule has 0 bridgehead atoms. The number of piperidine rings is 1. The zero-order chi connectivity index (χ0) is 18.8. The van der Waals surface area contributed by atoms with E-state index in [4.69, 9.17) is 5.73 Å². The number of rotatable bonds is 3. The molecular formula is C21H26BrN3O. The van der Waals surface area contributed by atoms with Crippen LogP contribution in [-0.4, -0.2) is 19.0 Å². The van der Waals surface area contributed by atoms with Crippen molar-refractivity contribution in [2.45, 2.75) is 33.6 Å². The van der Waals surface area contributed by atoms with Crippen LogP contribution < -0.4 is 16.0 Å². The van der Waals surface area contributed by atoms with Gasteiger partial charge in [-0.15, -0.1) is 0 Å². The molecule has 0 aliphatic carbocycles. The van der Waals surface area contributed by atoms with Crippen LogP contribution in [0.2, 0.25) is 0 Å². The van der Waals surface area contributed by atoms with E-state index in [1.807, 2.05) is 38.1 Å². The van der Waals surface area contributed by atoms with Gasteiger partial charge in [0.2, 0.25) is 0 Å². The molecule has 1 fully saturated rings. The minimum absolute atomic E-state index is 0.112. The number of halogens is 1. The van der Waals surface area contributed by atoms with E-state index < -0.39 is 0 Å². The highest BCUT2D eigenvalue weighted by Gasteiger charge is 2.22. The summed E-state index contributed by atoms with van der Waals surface area (Å²) in [6.07, 6.45) is 2.39. The fourth-order valence-electron chi connectivity index (χ4n) is 3.71. The van der Waals surface area contributed by atoms with Crippen molar-refractivity contribution in [2.24, 2.45) is 5.92 Å². The van der Waals surface area contributed by atoms with Crippen LogP contribution in [0.1, 0.15) is 41.3 Å². The molecule has 1 saturated heterocycles. The maximum Gasteiger partial charge on any atom is 0.257 e. The van der Waals surface area contributed by atoms with Gasteiger partial charge in [-0.1, -0.05) is 22.9 Å². The Labute approximate surface area is 163 Å². The lowest BCUT2D eigenvalue weighted by atomic mass is 9.98. The van der Waals surface area contributed by atoms with Crippen molar-refractivity contribution in [3.05, 3.63) is 51.5 Å². The number of nitrogens with one attached hydrogen (secondary N) is 1. The standard InChI is InChI=1S/C21H26BrN3O/c1-13-5-4-8-25(12-13)19-7-6-17(23)11-18(19)21(26)24-20-14(2)9-16(22)10-15(20)3/h6-7,9-11,13H,4-5,8,12,23H2,1-3H3,(H,24,26)/t13-/m0/s1. The monoisotopic (exact) mass is 415 g/mol. The van der Waals surface area contributed by atoms with Gasteiger partial charge in [-0.05, 0) is 74.1 Å². The molecule has 3 N–H and O–H groups in total. The number of nitrogen functional groups attached to an aromatic ring is 1. The smallest absolute Gasteiger partial charge is 0.257 e. The second kappa shape index (κ2) is 7.70. The van der Waals surface area contributed by atoms with E-state index in [9.17, 15) is 4.79 Å². The van der Waals surface area contributed by atoms with Crippen molar-refractivity contribution in [3.8, 4) is 0 Å². The van der Waals surface area contributed by atoms with Crippen molar-refractivity contribution in [2.75, 3.05) is 29.0 Å². The summed E-state index contributed by atoms with van der Waals surface area (Å²) in [5.74, 6) is 0.521. The van der Waals surface area contributed by atoms with Gasteiger partial charge in [-0.25, -0.2) is 0 Å². The van der Waals surface area contributed by atoms with Crippen molar-refractivity contribution in [1.82, 2.24) is 0 Å². The van der Waals surface area contributed by atoms with Crippen LogP contribution in [0.3, 0.4) is 0 Å². The maximum absolute atomic E-state index is 13.1. The average molecular weight is 416 g/mol. The van der Waals surface area contributed by atoms with Crippen LogP contribution in [0.4, 0.5) is 17.1 Å². The highest BCUT2D eigenvalue weighted by molar-refractivity contribution is 9.10. The third-order valence-electron chi connectivity index (χ3n) is 5.00. The summed E-state index contributed by atoms with van der Waals surface area (Å²) < 4.78 is 1.01. The first-order valence-electron chi connectivity index (χ1n) is 9.07. The predicted octanol–water partition coefficient (Wildman–Crippen LogP) is 5.14. The average Bonchev–Trinajstić information content (AvgIpc) is 2.57. The van der Waals surface area contributed by atoms with Gasteiger partial charge >= 0.3 is 0 Å². The Balaban J connectivity index is 1.93. The van der Waals surface area contributed by atoms with E-state index in [1.54, 1.807) is 6.07 Å². The fraction of sp³-hybridized carbons (Fsp3) is 0.381. The molecular weight excluding hydrogens is 390 g/mol. The van der Waals surface area contributed by atoms with Gasteiger partial charge in [0.05, 0.1) is 5.56 Å². The number of nitrogens with zero attached hydrogens (tertiary/aromatic N) is 1. The fourth-order valence-corrected chi connectivity index (χ4v) is 4.39. The summed E-state index contributed by atoms with van der Waals surface area (Å²) in [5, 5.41) is 3.10. The van der Waals surface area contributed by atoms with Crippen LogP contribution in [0, 0.1) is 19.8 Å². The lowest BCUT2D eigenvalue weighted by Crippen LogP contribution is -2.35. The molecule has 1 atom stereocenters. The number of hydrogen-bond donors (Lipinski definition) is 2. The van der Waals surface area contributed by atoms with Gasteiger partial charge in [-0.3, -0.25) is 4.79 Å². The molecule has 138 valence electrons. The SMILES string of the molecule is Cc1cc(Br)cc(C)c1NC(=O)c1cc(N)ccc1N1CCC[C@H](C)C1. The van der Waals surface area contributed by atoms with Gasteiger partial charge in [0.15, 0.2) is 0 Å². The second-order valence-electron chi connectivity index (χ2n) is 7.34. The molecule has 2 aromatic carbocycles. The van der Waals surface area contributed by atoms with Crippen molar-refractivity contribution in [3.63, 3.8) is 0 Å². The number of amides is 1. The van der Waals surface area contributed by atoms with Gasteiger partial charge in [0.1, 0.15) is 0 Å². The minimum atomic E-state index is -0.112. The minimum Gasteiger partial charge on any atom is -0.399 e. The first-order valence-corrected chi connectivity index (χ1v) is 9.87. The summed E-state index contributed by atoms with van der Waals surface area (Å²) in [4.78, 5) is 15.4. The molecule has 3 rings (SSSR count). The van der Waals surface area contributed by atoms with E-state index in [0.29, 0.717) is 17.2 Å². The number of carbonyl (C=O) groups excluding carboxylic acids is 1. The Morgan fingerprint density at radius 3 is 2.58 bits per heavy atom. The Bertz CT molecular complexity index is 811. The van der Waals surface area contributed by atoms with Crippen molar-refractivity contribution >= 4 is 38.9 Å². The molecule has 5 heteroatoms. The summed E-state index contributed by atoms with van der Waals surface area (Å²) in [5.41, 5.74) is 11.1. The molecule has 1 aliphatic heterocycles. The maximum atomic E-state index is 13.1. The first kappa shape index (κ1) is 18.8. The Morgan fingerprint density at radius 1 is 1.23 bits per heavy atom. The number of hydrogen-bond acceptors (Lipinski definition) is 3. The topological polar surface area (TPSA) is 58.4 Å². The molecule has 0 radical (unpaired) electrons. The predicted molar refractivity (Wildman–Crippen MR) is 113 cm³/mol. The van der Waals surface area contributed by atoms with Crippen molar-refractivity contribution in [1.29, 1.82) is 0 Å². The van der Waals surface area contributed by atoms with Crippen LogP contribution in [0.25, 0.3) is 0 Å². The van der Waals surface area contributed by atoms with E-state index in [1.165, 1.54) is 6.42 Å². The largest absolute Gasteiger partial charge is 0.399 e. The second-order valence-corrected chi connectivity index (χ2v) is 8.25. The van der Waals surface area contributed by atoms with Crippen LogP contribution in [0.5, 0.6) is 0 Å². The lowest BCUT2D eigenvalue weighted by Gasteiger charge is -2.34. The van der Waals surface area contributed by atoms with E-state index >= 15 is 0 Å². The Morgan fingerprint density at radius 2 is 1.92 bits per heavy atom. The number of anilines is 3. The molecule has 0 aromatic heterocycles. The summed E-state index contributed by atoms with van der Waals surface area (Å²) >= 11 is 3.50. The molecule has 26 heavy (non-hydrogen) atoms. The number of nitrogens with two attached hydrogens (primary N) is 1. The van der Waals surface area contributed by atoms with Crippen LogP contribution >= 0.6 is 15.9 Å². The highest BCUT2D eigenvalue weighted by atomic mass is 79.9. The Kier molecular flexibility index (Phi) is 5.56. The van der Waals surface area contributed by atoms with Crippen molar-refractivity contribution < 1.29 is 4.79 Å². The quantitative estimate of drug-likeness (QED) is 0.682. The number of aryl methyl sites for hydroxylation is 2. The van der Waals surface area contributed by atoms with Gasteiger partial charge in [0.25, 0.3) is 5.91 Å². The van der Waals surface area contributed by atoms with Crippen LogP contribution in [-0.2, 0) is 0 Å². The molecule has 1 amide bonds. The van der Waals surface area contributed by atoms with E-state index in [2.05, 4.69) is 33.1 Å². The summed E-state index contributed by atoms with van der Waals surface area (Å²) in [6.45, 7) is 8.21. The Hall–Kier alpha value is -2.01. The van der Waals surface area contributed by atoms with Gasteiger partial charge in [-0.2, -0.15) is 0 Å². The van der Waals surface area contributed by atoms with Gasteiger partial charge < -0.3 is 16.0 Å². The van der Waals surface area contributed by atoms with Crippen LogP contribution in [0.15, 0.2) is 34.8 Å². The normalized spacial score (nSPS) is 17.2. The number of carbonyl (C=O) groups is 1. The molecule has 0 spiro atoms. The highest BCUT2D eigenvalue weighted by Crippen LogP contribution is 2.30. The molecule has 1 aliphatic rings. The lowest BCUT2D eigenvalue weighted by molar-refractivity contribution is 0.102. The first-order chi connectivity index (χ1) is 12.3. The molecule has 4 nitrogen and oxygen atoms in total. The molecule has 0 saturated carbocycles. The van der Waals surface area contributed by atoms with E-state index in [-0.39, 0.29) is 5.91 Å². The zero-order valence-electron chi connectivity index (χ0n) is 15.6. The third kappa shape index (κ3) is 4.04. The van der Waals surface area contributed by atoms with Gasteiger partial charge in [0, 0.05) is 34.6 Å². The summed E-state index contributed by atoms with van der Waals surface area (Å²) in [7, 11) is 0.